The Balaban J connectivity index is 1.66. The molecule has 3 aromatic rings. The van der Waals surface area contributed by atoms with Crippen LogP contribution in [-0.2, 0) is 0 Å². The highest BCUT2D eigenvalue weighted by Crippen LogP contribution is 2.31. The lowest BCUT2D eigenvalue weighted by Crippen LogP contribution is -2.23. The van der Waals surface area contributed by atoms with Crippen molar-refractivity contribution in [3.8, 4) is 11.5 Å². The molecule has 156 valence electrons. The van der Waals surface area contributed by atoms with Gasteiger partial charge in [-0.1, -0.05) is 12.1 Å². The summed E-state index contributed by atoms with van der Waals surface area (Å²) in [5.74, 6) is 0.401. The van der Waals surface area contributed by atoms with Crippen LogP contribution in [0.1, 0.15) is 23.2 Å². The summed E-state index contributed by atoms with van der Waals surface area (Å²) in [7, 11) is 1.32. The number of methoxy groups -OCH3 is 1. The van der Waals surface area contributed by atoms with Crippen LogP contribution in [0.4, 0.5) is 20.4 Å². The molecule has 0 spiro atoms. The van der Waals surface area contributed by atoms with Gasteiger partial charge in [0.2, 0.25) is 0 Å². The first-order chi connectivity index (χ1) is 14.5. The zero-order valence-electron chi connectivity index (χ0n) is 16.3. The lowest BCUT2D eigenvalue weighted by atomic mass is 10.2. The number of para-hydroxylation sites is 2. The molecule has 0 radical (unpaired) electrons. The maximum absolute atomic E-state index is 12.9. The first-order valence-electron chi connectivity index (χ1n) is 9.51. The first-order valence-corrected chi connectivity index (χ1v) is 9.51. The fraction of sp³-hybridized carbons (Fsp3) is 0.286. The van der Waals surface area contributed by atoms with Crippen molar-refractivity contribution in [2.75, 3.05) is 30.4 Å². The third-order valence-corrected chi connectivity index (χ3v) is 4.83. The smallest absolute Gasteiger partial charge is 0.387 e. The van der Waals surface area contributed by atoms with Crippen LogP contribution < -0.4 is 19.7 Å². The molecule has 4 rings (SSSR count). The molecule has 1 N–H and O–H groups in total. The van der Waals surface area contributed by atoms with Crippen molar-refractivity contribution in [1.82, 2.24) is 9.97 Å². The third-order valence-electron chi connectivity index (χ3n) is 4.83. The Hall–Kier alpha value is -3.49. The Bertz CT molecular complexity index is 1070. The third kappa shape index (κ3) is 4.10. The van der Waals surface area contributed by atoms with Crippen LogP contribution in [0.2, 0.25) is 0 Å². The second kappa shape index (κ2) is 8.48. The average molecular weight is 414 g/mol. The van der Waals surface area contributed by atoms with Gasteiger partial charge >= 0.3 is 6.61 Å². The second-order valence-corrected chi connectivity index (χ2v) is 6.78. The first kappa shape index (κ1) is 19.8. The minimum absolute atomic E-state index is 0.0345. The van der Waals surface area contributed by atoms with Crippen LogP contribution in [-0.4, -0.2) is 42.7 Å². The van der Waals surface area contributed by atoms with Crippen LogP contribution in [0, 0.1) is 0 Å². The van der Waals surface area contributed by atoms with Crippen molar-refractivity contribution in [2.24, 2.45) is 0 Å². The molecule has 0 unspecified atom stereocenters. The molecule has 2 aromatic carbocycles. The van der Waals surface area contributed by atoms with E-state index in [-0.39, 0.29) is 17.1 Å². The number of anilines is 2. The molecule has 7 nitrogen and oxygen atoms in total. The predicted octanol–water partition coefficient (Wildman–Crippen LogP) is 4.09. The molecule has 0 atom stereocenters. The topological polar surface area (TPSA) is 76.6 Å². The number of nitrogens with zero attached hydrogens (tertiary/aromatic N) is 3. The van der Waals surface area contributed by atoms with Gasteiger partial charge in [-0.25, -0.2) is 9.97 Å². The number of fused-ring (bicyclic) bond motifs is 1. The van der Waals surface area contributed by atoms with Gasteiger partial charge in [-0.05, 0) is 43.2 Å². The van der Waals surface area contributed by atoms with Crippen LogP contribution in [0.15, 0.2) is 42.5 Å². The monoisotopic (exact) mass is 414 g/mol. The van der Waals surface area contributed by atoms with Crippen LogP contribution >= 0.6 is 0 Å². The summed E-state index contributed by atoms with van der Waals surface area (Å²) >= 11 is 0. The van der Waals surface area contributed by atoms with E-state index in [4.69, 9.17) is 9.72 Å². The molecule has 2 heterocycles. The number of hydrogen-bond acceptors (Lipinski definition) is 6. The maximum atomic E-state index is 12.9. The summed E-state index contributed by atoms with van der Waals surface area (Å²) in [4.78, 5) is 24.3. The average Bonchev–Trinajstić information content (AvgIpc) is 3.27. The zero-order chi connectivity index (χ0) is 21.1. The lowest BCUT2D eigenvalue weighted by molar-refractivity contribution is -0.0512. The molecule has 1 fully saturated rings. The van der Waals surface area contributed by atoms with Crippen molar-refractivity contribution >= 4 is 28.6 Å². The quantitative estimate of drug-likeness (QED) is 0.655. The van der Waals surface area contributed by atoms with Gasteiger partial charge in [0.1, 0.15) is 0 Å². The minimum Gasteiger partial charge on any atom is -0.493 e. The molecular formula is C21H20F2N4O3. The fourth-order valence-corrected chi connectivity index (χ4v) is 3.41. The molecule has 1 aromatic heterocycles. The molecule has 1 amide bonds. The summed E-state index contributed by atoms with van der Waals surface area (Å²) in [5.41, 5.74) is 1.62. The van der Waals surface area contributed by atoms with Crippen molar-refractivity contribution < 1.29 is 23.0 Å². The number of nitrogens with one attached hydrogen (secondary N) is 1. The molecule has 1 aliphatic heterocycles. The van der Waals surface area contributed by atoms with Gasteiger partial charge in [0.25, 0.3) is 5.91 Å². The number of carbonyl (C=O) groups excluding carboxylic acids is 1. The summed E-state index contributed by atoms with van der Waals surface area (Å²) in [6.45, 7) is -1.32. The number of hydrogen-bond donors (Lipinski definition) is 1. The summed E-state index contributed by atoms with van der Waals surface area (Å²) in [6.07, 6.45) is 2.09. The molecule has 9 heteroatoms. The number of halogens is 2. The predicted molar refractivity (Wildman–Crippen MR) is 109 cm³/mol. The molecule has 1 saturated heterocycles. The van der Waals surface area contributed by atoms with E-state index >= 15 is 0 Å². The number of rotatable bonds is 6. The molecule has 1 aliphatic rings. The Morgan fingerprint density at radius 3 is 2.43 bits per heavy atom. The Labute approximate surface area is 171 Å². The fourth-order valence-electron chi connectivity index (χ4n) is 3.41. The van der Waals surface area contributed by atoms with Gasteiger partial charge in [0.05, 0.1) is 18.1 Å². The van der Waals surface area contributed by atoms with E-state index in [0.29, 0.717) is 17.2 Å². The van der Waals surface area contributed by atoms with E-state index in [1.54, 1.807) is 0 Å². The normalized spacial score (nSPS) is 13.7. The van der Waals surface area contributed by atoms with E-state index in [2.05, 4.69) is 19.9 Å². The van der Waals surface area contributed by atoms with Gasteiger partial charge in [-0.3, -0.25) is 4.79 Å². The van der Waals surface area contributed by atoms with E-state index in [1.807, 2.05) is 24.3 Å². The summed E-state index contributed by atoms with van der Waals surface area (Å²) in [5, 5.41) is 2.81. The second-order valence-electron chi connectivity index (χ2n) is 6.78. The standard InChI is InChI=1S/C21H20F2N4O3/c1-29-17-12-13(8-9-16(17)30-21(22)23)20(28)26-18-19(27-10-4-5-11-27)25-15-7-3-2-6-14(15)24-18/h2-3,6-9,12,21H,4-5,10-11H2,1H3,(H,24,26,28). The molecular weight excluding hydrogens is 394 g/mol. The van der Waals surface area contributed by atoms with Crippen molar-refractivity contribution in [2.45, 2.75) is 19.5 Å². The van der Waals surface area contributed by atoms with Crippen LogP contribution in [0.5, 0.6) is 11.5 Å². The van der Waals surface area contributed by atoms with Crippen molar-refractivity contribution in [1.29, 1.82) is 0 Å². The molecule has 0 aliphatic carbocycles. The number of aromatic nitrogens is 2. The van der Waals surface area contributed by atoms with E-state index in [1.165, 1.54) is 25.3 Å². The van der Waals surface area contributed by atoms with Gasteiger partial charge in [0.15, 0.2) is 23.1 Å². The van der Waals surface area contributed by atoms with Gasteiger partial charge in [-0.15, -0.1) is 0 Å². The van der Waals surface area contributed by atoms with E-state index in [9.17, 15) is 13.6 Å². The number of alkyl halides is 2. The Morgan fingerprint density at radius 1 is 1.07 bits per heavy atom. The van der Waals surface area contributed by atoms with Crippen molar-refractivity contribution in [3.05, 3.63) is 48.0 Å². The SMILES string of the molecule is COc1cc(C(=O)Nc2nc3ccccc3nc2N2CCCC2)ccc1OC(F)F. The lowest BCUT2D eigenvalue weighted by Gasteiger charge is -2.20. The van der Waals surface area contributed by atoms with Crippen LogP contribution in [0.3, 0.4) is 0 Å². The highest BCUT2D eigenvalue weighted by atomic mass is 19.3. The van der Waals surface area contributed by atoms with Gasteiger partial charge < -0.3 is 19.7 Å². The molecule has 0 bridgehead atoms. The number of amides is 1. The number of carbonyl (C=O) groups is 1. The molecule has 30 heavy (non-hydrogen) atoms. The zero-order valence-corrected chi connectivity index (χ0v) is 16.3. The highest BCUT2D eigenvalue weighted by molar-refractivity contribution is 6.06. The van der Waals surface area contributed by atoms with Crippen LogP contribution in [0.25, 0.3) is 11.0 Å². The largest absolute Gasteiger partial charge is 0.493 e. The minimum atomic E-state index is -2.99. The molecule has 0 saturated carbocycles. The van der Waals surface area contributed by atoms with Crippen molar-refractivity contribution in [3.63, 3.8) is 0 Å². The van der Waals surface area contributed by atoms with Gasteiger partial charge in [-0.2, -0.15) is 8.78 Å². The Kier molecular flexibility index (Phi) is 5.60. The summed E-state index contributed by atoms with van der Waals surface area (Å²) in [6, 6.07) is 11.4. The van der Waals surface area contributed by atoms with E-state index < -0.39 is 12.5 Å². The Morgan fingerprint density at radius 2 is 1.77 bits per heavy atom. The number of benzene rings is 2. The van der Waals surface area contributed by atoms with Gasteiger partial charge in [0, 0.05) is 18.7 Å². The summed E-state index contributed by atoms with van der Waals surface area (Å²) < 4.78 is 34.5. The number of ether oxygens (including phenoxy) is 2. The maximum Gasteiger partial charge on any atom is 0.387 e. The van der Waals surface area contributed by atoms with E-state index in [0.717, 1.165) is 31.4 Å². The highest BCUT2D eigenvalue weighted by Gasteiger charge is 2.22.